The van der Waals surface area contributed by atoms with Crippen molar-refractivity contribution >= 4 is 17.7 Å². The molecular formula is C11H13NO3. The summed E-state index contributed by atoms with van der Waals surface area (Å²) in [7, 11) is 2.76. The summed E-state index contributed by atoms with van der Waals surface area (Å²) in [6, 6.07) is 3.35. The Morgan fingerprint density at radius 1 is 1.47 bits per heavy atom. The second-order valence-electron chi connectivity index (χ2n) is 2.85. The molecule has 1 rings (SSSR count). The van der Waals surface area contributed by atoms with Gasteiger partial charge in [0, 0.05) is 11.3 Å². The molecule has 0 fully saturated rings. The lowest BCUT2D eigenvalue weighted by molar-refractivity contribution is 0.0598. The molecule has 4 nitrogen and oxygen atoms in total. The van der Waals surface area contributed by atoms with Crippen LogP contribution in [0.25, 0.3) is 6.08 Å². The van der Waals surface area contributed by atoms with E-state index in [-0.39, 0.29) is 5.56 Å². The summed E-state index contributed by atoms with van der Waals surface area (Å²) in [5.41, 5.74) is 6.94. The molecule has 1 aromatic carbocycles. The molecule has 4 heteroatoms. The largest absolute Gasteiger partial charge is 0.495 e. The van der Waals surface area contributed by atoms with E-state index in [0.717, 1.165) is 0 Å². The normalized spacial score (nSPS) is 9.47. The maximum absolute atomic E-state index is 11.5. The molecule has 2 N–H and O–H groups in total. The highest BCUT2D eigenvalue weighted by molar-refractivity contribution is 5.99. The third kappa shape index (κ3) is 1.93. The molecular weight excluding hydrogens is 194 g/mol. The molecule has 15 heavy (non-hydrogen) atoms. The second-order valence-corrected chi connectivity index (χ2v) is 2.85. The van der Waals surface area contributed by atoms with Crippen molar-refractivity contribution in [2.45, 2.75) is 0 Å². The molecule has 0 saturated heterocycles. The molecule has 0 unspecified atom stereocenters. The molecule has 0 aliphatic heterocycles. The maximum atomic E-state index is 11.5. The average molecular weight is 207 g/mol. The first kappa shape index (κ1) is 11.1. The van der Waals surface area contributed by atoms with Crippen molar-refractivity contribution in [3.05, 3.63) is 29.8 Å². The number of anilines is 1. The summed E-state index contributed by atoms with van der Waals surface area (Å²) in [5, 5.41) is 0. The molecule has 0 radical (unpaired) electrons. The van der Waals surface area contributed by atoms with Crippen LogP contribution in [0.1, 0.15) is 15.9 Å². The molecule has 1 aromatic rings. The third-order valence-electron chi connectivity index (χ3n) is 2.03. The lowest BCUT2D eigenvalue weighted by atomic mass is 10.1. The molecule has 0 saturated carbocycles. The van der Waals surface area contributed by atoms with Gasteiger partial charge in [-0.25, -0.2) is 4.79 Å². The van der Waals surface area contributed by atoms with Gasteiger partial charge in [0.2, 0.25) is 0 Å². The topological polar surface area (TPSA) is 61.6 Å². The SMILES string of the molecule is C=Cc1ccc(N)c(C(=O)OC)c1OC. The van der Waals surface area contributed by atoms with Gasteiger partial charge >= 0.3 is 5.97 Å². The van der Waals surface area contributed by atoms with Gasteiger partial charge in [-0.2, -0.15) is 0 Å². The van der Waals surface area contributed by atoms with Crippen molar-refractivity contribution in [2.75, 3.05) is 20.0 Å². The minimum atomic E-state index is -0.520. The van der Waals surface area contributed by atoms with Crippen LogP contribution in [0.2, 0.25) is 0 Å². The van der Waals surface area contributed by atoms with Crippen LogP contribution in [0.3, 0.4) is 0 Å². The Labute approximate surface area is 88.3 Å². The van der Waals surface area contributed by atoms with Gasteiger partial charge in [-0.15, -0.1) is 0 Å². The van der Waals surface area contributed by atoms with Crippen molar-refractivity contribution in [1.29, 1.82) is 0 Å². The van der Waals surface area contributed by atoms with Gasteiger partial charge in [0.1, 0.15) is 11.3 Å². The van der Waals surface area contributed by atoms with Crippen LogP contribution >= 0.6 is 0 Å². The summed E-state index contributed by atoms with van der Waals surface area (Å²) in [4.78, 5) is 11.5. The van der Waals surface area contributed by atoms with Crippen LogP contribution in [0.15, 0.2) is 18.7 Å². The Hall–Kier alpha value is -1.97. The zero-order valence-electron chi connectivity index (χ0n) is 8.74. The first-order valence-corrected chi connectivity index (χ1v) is 4.33. The predicted molar refractivity (Wildman–Crippen MR) is 58.8 cm³/mol. The molecule has 0 aliphatic rings. The van der Waals surface area contributed by atoms with Gasteiger partial charge in [-0.1, -0.05) is 12.7 Å². The number of nitrogen functional groups attached to an aromatic ring is 1. The Balaban J connectivity index is 3.45. The number of carbonyl (C=O) groups excluding carboxylic acids is 1. The fourth-order valence-corrected chi connectivity index (χ4v) is 1.31. The van der Waals surface area contributed by atoms with E-state index in [4.69, 9.17) is 10.5 Å². The number of benzene rings is 1. The fourth-order valence-electron chi connectivity index (χ4n) is 1.31. The number of ether oxygens (including phenoxy) is 2. The van der Waals surface area contributed by atoms with Crippen LogP contribution in [-0.2, 0) is 4.74 Å². The number of esters is 1. The number of methoxy groups -OCH3 is 2. The van der Waals surface area contributed by atoms with E-state index in [0.29, 0.717) is 17.0 Å². The van der Waals surface area contributed by atoms with E-state index < -0.39 is 5.97 Å². The minimum absolute atomic E-state index is 0.234. The Morgan fingerprint density at radius 3 is 2.60 bits per heavy atom. The highest BCUT2D eigenvalue weighted by Crippen LogP contribution is 2.30. The van der Waals surface area contributed by atoms with Gasteiger partial charge in [-0.05, 0) is 12.1 Å². The summed E-state index contributed by atoms with van der Waals surface area (Å²) < 4.78 is 9.74. The fraction of sp³-hybridized carbons (Fsp3) is 0.182. The number of hydrogen-bond donors (Lipinski definition) is 1. The highest BCUT2D eigenvalue weighted by atomic mass is 16.5. The third-order valence-corrected chi connectivity index (χ3v) is 2.03. The van der Waals surface area contributed by atoms with E-state index in [1.54, 1.807) is 18.2 Å². The van der Waals surface area contributed by atoms with Crippen LogP contribution in [0, 0.1) is 0 Å². The molecule has 0 spiro atoms. The van der Waals surface area contributed by atoms with Gasteiger partial charge in [-0.3, -0.25) is 0 Å². The van der Waals surface area contributed by atoms with Gasteiger partial charge in [0.25, 0.3) is 0 Å². The Kier molecular flexibility index (Phi) is 3.33. The molecule has 0 bridgehead atoms. The van der Waals surface area contributed by atoms with E-state index in [2.05, 4.69) is 11.3 Å². The predicted octanol–water partition coefficient (Wildman–Crippen LogP) is 1.71. The average Bonchev–Trinajstić information content (AvgIpc) is 2.27. The van der Waals surface area contributed by atoms with Crippen LogP contribution in [0.5, 0.6) is 5.75 Å². The van der Waals surface area contributed by atoms with E-state index in [1.165, 1.54) is 14.2 Å². The van der Waals surface area contributed by atoms with Gasteiger partial charge in [0.15, 0.2) is 0 Å². The first-order chi connectivity index (χ1) is 7.15. The van der Waals surface area contributed by atoms with Gasteiger partial charge < -0.3 is 15.2 Å². The quantitative estimate of drug-likeness (QED) is 0.605. The van der Waals surface area contributed by atoms with Crippen molar-refractivity contribution < 1.29 is 14.3 Å². The smallest absolute Gasteiger partial charge is 0.343 e. The van der Waals surface area contributed by atoms with Crippen molar-refractivity contribution in [3.8, 4) is 5.75 Å². The van der Waals surface area contributed by atoms with Crippen LogP contribution < -0.4 is 10.5 Å². The number of carbonyl (C=O) groups is 1. The monoisotopic (exact) mass is 207 g/mol. The van der Waals surface area contributed by atoms with Crippen LogP contribution in [0.4, 0.5) is 5.69 Å². The number of nitrogens with two attached hydrogens (primary N) is 1. The molecule has 0 amide bonds. The van der Waals surface area contributed by atoms with Gasteiger partial charge in [0.05, 0.1) is 14.2 Å². The Morgan fingerprint density at radius 2 is 2.13 bits per heavy atom. The molecule has 0 heterocycles. The minimum Gasteiger partial charge on any atom is -0.495 e. The molecule has 0 aromatic heterocycles. The summed E-state index contributed by atoms with van der Waals surface area (Å²) in [6.45, 7) is 3.62. The standard InChI is InChI=1S/C11H13NO3/c1-4-7-5-6-8(12)9(10(7)14-2)11(13)15-3/h4-6H,1,12H2,2-3H3. The van der Waals surface area contributed by atoms with Crippen molar-refractivity contribution in [2.24, 2.45) is 0 Å². The van der Waals surface area contributed by atoms with E-state index in [9.17, 15) is 4.79 Å². The van der Waals surface area contributed by atoms with Crippen molar-refractivity contribution in [3.63, 3.8) is 0 Å². The summed E-state index contributed by atoms with van der Waals surface area (Å²) >= 11 is 0. The molecule has 0 atom stereocenters. The molecule has 80 valence electrons. The lowest BCUT2D eigenvalue weighted by Crippen LogP contribution is -2.08. The zero-order chi connectivity index (χ0) is 11.4. The first-order valence-electron chi connectivity index (χ1n) is 4.33. The highest BCUT2D eigenvalue weighted by Gasteiger charge is 2.18. The maximum Gasteiger partial charge on any atom is 0.343 e. The summed E-state index contributed by atoms with van der Waals surface area (Å²) in [6.07, 6.45) is 1.59. The summed E-state index contributed by atoms with van der Waals surface area (Å²) in [5.74, 6) is -0.134. The van der Waals surface area contributed by atoms with E-state index >= 15 is 0 Å². The van der Waals surface area contributed by atoms with E-state index in [1.807, 2.05) is 0 Å². The molecule has 0 aliphatic carbocycles. The van der Waals surface area contributed by atoms with Crippen molar-refractivity contribution in [1.82, 2.24) is 0 Å². The van der Waals surface area contributed by atoms with Crippen LogP contribution in [-0.4, -0.2) is 20.2 Å². The number of rotatable bonds is 3. The Bertz CT molecular complexity index is 399. The second kappa shape index (κ2) is 4.50. The number of hydrogen-bond acceptors (Lipinski definition) is 4. The lowest BCUT2D eigenvalue weighted by Gasteiger charge is -2.11. The zero-order valence-corrected chi connectivity index (χ0v) is 8.74.